The Morgan fingerprint density at radius 3 is 2.29 bits per heavy atom. The lowest BCUT2D eigenvalue weighted by Gasteiger charge is -2.35. The van der Waals surface area contributed by atoms with Gasteiger partial charge < -0.3 is 14.3 Å². The second kappa shape index (κ2) is 9.21. The predicted molar refractivity (Wildman–Crippen MR) is 129 cm³/mol. The van der Waals surface area contributed by atoms with Crippen LogP contribution in [-0.2, 0) is 4.79 Å². The van der Waals surface area contributed by atoms with E-state index >= 15 is 0 Å². The molecule has 5 rings (SSSR count). The van der Waals surface area contributed by atoms with Crippen molar-refractivity contribution in [1.29, 1.82) is 0 Å². The largest absolute Gasteiger partial charge is 0.503 e. The van der Waals surface area contributed by atoms with Crippen LogP contribution in [0.2, 0.25) is 0 Å². The lowest BCUT2D eigenvalue weighted by atomic mass is 9.79. The van der Waals surface area contributed by atoms with Gasteiger partial charge in [0.25, 0.3) is 5.91 Å². The summed E-state index contributed by atoms with van der Waals surface area (Å²) in [5, 5.41) is 11.0. The van der Waals surface area contributed by atoms with Gasteiger partial charge in [0.15, 0.2) is 11.5 Å². The van der Waals surface area contributed by atoms with Gasteiger partial charge in [-0.3, -0.25) is 14.5 Å². The Bertz CT molecular complexity index is 1200. The van der Waals surface area contributed by atoms with Crippen molar-refractivity contribution in [2.45, 2.75) is 38.1 Å². The minimum atomic E-state index is -0.525. The Morgan fingerprint density at radius 2 is 1.68 bits per heavy atom. The Morgan fingerprint density at radius 1 is 0.971 bits per heavy atom. The van der Waals surface area contributed by atoms with Crippen LogP contribution in [0.25, 0.3) is 11.1 Å². The SMILES string of the molecule is COc1ccc(C(=O)C2=C(O)C(=O)N(c3ccc(-c4ccoc4)cc3)C2C2CCCCC2)cc1. The highest BCUT2D eigenvalue weighted by molar-refractivity contribution is 6.20. The third kappa shape index (κ3) is 3.89. The van der Waals surface area contributed by atoms with Crippen molar-refractivity contribution in [2.24, 2.45) is 5.92 Å². The number of aliphatic hydroxyl groups excluding tert-OH is 1. The summed E-state index contributed by atoms with van der Waals surface area (Å²) < 4.78 is 10.4. The molecule has 6 nitrogen and oxygen atoms in total. The number of nitrogens with zero attached hydrogens (tertiary/aromatic N) is 1. The number of anilines is 1. The van der Waals surface area contributed by atoms with E-state index in [9.17, 15) is 14.7 Å². The van der Waals surface area contributed by atoms with E-state index in [1.165, 1.54) is 0 Å². The summed E-state index contributed by atoms with van der Waals surface area (Å²) in [5.74, 6) is -0.547. The van der Waals surface area contributed by atoms with E-state index in [4.69, 9.17) is 9.15 Å². The molecule has 3 aromatic rings. The zero-order chi connectivity index (χ0) is 23.7. The molecule has 0 saturated heterocycles. The maximum Gasteiger partial charge on any atom is 0.294 e. The van der Waals surface area contributed by atoms with Gasteiger partial charge in [0.2, 0.25) is 0 Å². The molecule has 6 heteroatoms. The number of carbonyl (C=O) groups excluding carboxylic acids is 2. The smallest absolute Gasteiger partial charge is 0.294 e. The van der Waals surface area contributed by atoms with Gasteiger partial charge in [0, 0.05) is 16.8 Å². The molecule has 2 aromatic carbocycles. The van der Waals surface area contributed by atoms with Gasteiger partial charge in [-0.05, 0) is 66.8 Å². The molecule has 1 aliphatic carbocycles. The van der Waals surface area contributed by atoms with E-state index < -0.39 is 17.7 Å². The highest BCUT2D eigenvalue weighted by Crippen LogP contribution is 2.41. The first kappa shape index (κ1) is 22.0. The first-order valence-corrected chi connectivity index (χ1v) is 11.7. The van der Waals surface area contributed by atoms with Gasteiger partial charge in [-0.25, -0.2) is 0 Å². The van der Waals surface area contributed by atoms with Gasteiger partial charge in [-0.2, -0.15) is 0 Å². The highest BCUT2D eigenvalue weighted by atomic mass is 16.5. The summed E-state index contributed by atoms with van der Waals surface area (Å²) in [6.07, 6.45) is 8.35. The van der Waals surface area contributed by atoms with Gasteiger partial charge in [-0.1, -0.05) is 31.4 Å². The monoisotopic (exact) mass is 457 g/mol. The van der Waals surface area contributed by atoms with Crippen LogP contribution in [0, 0.1) is 5.92 Å². The second-order valence-electron chi connectivity index (χ2n) is 8.90. The number of Topliss-reactive ketones (excluding diaryl/α,β-unsaturated/α-hetero) is 1. The summed E-state index contributed by atoms with van der Waals surface area (Å²) in [6.45, 7) is 0. The van der Waals surface area contributed by atoms with Crippen molar-refractivity contribution < 1.29 is 23.8 Å². The molecule has 0 spiro atoms. The number of carbonyl (C=O) groups is 2. The van der Waals surface area contributed by atoms with Gasteiger partial charge in [0.05, 0.1) is 31.3 Å². The molecule has 1 aromatic heterocycles. The summed E-state index contributed by atoms with van der Waals surface area (Å²) in [4.78, 5) is 28.6. The third-order valence-electron chi connectivity index (χ3n) is 6.94. The van der Waals surface area contributed by atoms with Crippen LogP contribution in [0.15, 0.2) is 82.9 Å². The molecule has 34 heavy (non-hydrogen) atoms. The van der Waals surface area contributed by atoms with Crippen molar-refractivity contribution in [2.75, 3.05) is 12.0 Å². The van der Waals surface area contributed by atoms with Crippen molar-refractivity contribution >= 4 is 17.4 Å². The van der Waals surface area contributed by atoms with Crippen LogP contribution in [0.3, 0.4) is 0 Å². The molecule has 2 heterocycles. The van der Waals surface area contributed by atoms with E-state index in [0.717, 1.165) is 43.2 Å². The second-order valence-corrected chi connectivity index (χ2v) is 8.90. The standard InChI is InChI=1S/C28H27NO5/c1-33-23-13-9-20(10-14-23)26(30)24-25(19-5-3-2-4-6-19)29(28(32)27(24)31)22-11-7-18(8-12-22)21-15-16-34-17-21/h7-17,19,25,31H,2-6H2,1H3. The zero-order valence-electron chi connectivity index (χ0n) is 19.1. The van der Waals surface area contributed by atoms with Crippen molar-refractivity contribution in [1.82, 2.24) is 0 Å². The molecular formula is C28H27NO5. The molecule has 1 atom stereocenters. The van der Waals surface area contributed by atoms with E-state index in [2.05, 4.69) is 0 Å². The minimum absolute atomic E-state index is 0.105. The van der Waals surface area contributed by atoms with Crippen LogP contribution in [-0.4, -0.2) is 29.9 Å². The molecule has 1 saturated carbocycles. The maximum atomic E-state index is 13.6. The number of aliphatic hydroxyl groups is 1. The van der Waals surface area contributed by atoms with Crippen LogP contribution in [0.5, 0.6) is 5.75 Å². The Balaban J connectivity index is 1.53. The highest BCUT2D eigenvalue weighted by Gasteiger charge is 2.47. The number of amides is 1. The van der Waals surface area contributed by atoms with Crippen LogP contribution >= 0.6 is 0 Å². The number of rotatable bonds is 6. The van der Waals surface area contributed by atoms with Gasteiger partial charge >= 0.3 is 0 Å². The Hall–Kier alpha value is -3.80. The number of methoxy groups -OCH3 is 1. The van der Waals surface area contributed by atoms with Gasteiger partial charge in [-0.15, -0.1) is 0 Å². The summed E-state index contributed by atoms with van der Waals surface area (Å²) in [5.41, 5.74) is 3.19. The van der Waals surface area contributed by atoms with Gasteiger partial charge in [0.1, 0.15) is 5.75 Å². The average molecular weight is 458 g/mol. The Labute approximate surface area is 198 Å². The molecule has 174 valence electrons. The number of hydrogen-bond donors (Lipinski definition) is 1. The third-order valence-corrected chi connectivity index (χ3v) is 6.94. The number of ether oxygens (including phenoxy) is 1. The van der Waals surface area contributed by atoms with E-state index in [-0.39, 0.29) is 17.3 Å². The van der Waals surface area contributed by atoms with Crippen molar-refractivity contribution in [3.8, 4) is 16.9 Å². The minimum Gasteiger partial charge on any atom is -0.503 e. The Kier molecular flexibility index (Phi) is 5.97. The number of hydrogen-bond acceptors (Lipinski definition) is 5. The number of furan rings is 1. The van der Waals surface area contributed by atoms with E-state index in [1.807, 2.05) is 30.3 Å². The molecule has 1 amide bonds. The molecule has 1 N–H and O–H groups in total. The lowest BCUT2D eigenvalue weighted by Crippen LogP contribution is -2.42. The molecule has 1 fully saturated rings. The maximum absolute atomic E-state index is 13.6. The van der Waals surface area contributed by atoms with Crippen LogP contribution in [0.4, 0.5) is 5.69 Å². The predicted octanol–water partition coefficient (Wildman–Crippen LogP) is 5.95. The normalized spacial score (nSPS) is 19.0. The first-order valence-electron chi connectivity index (χ1n) is 11.7. The van der Waals surface area contributed by atoms with Crippen molar-refractivity contribution in [3.63, 3.8) is 0 Å². The number of ketones is 1. The van der Waals surface area contributed by atoms with E-state index in [1.54, 1.807) is 48.8 Å². The molecule has 0 bridgehead atoms. The zero-order valence-corrected chi connectivity index (χ0v) is 19.1. The fraction of sp³-hybridized carbons (Fsp3) is 0.286. The quantitative estimate of drug-likeness (QED) is 0.463. The molecular weight excluding hydrogens is 430 g/mol. The lowest BCUT2D eigenvalue weighted by molar-refractivity contribution is -0.117. The molecule has 0 radical (unpaired) electrons. The van der Waals surface area contributed by atoms with Crippen LogP contribution in [0.1, 0.15) is 42.5 Å². The molecule has 2 aliphatic rings. The number of benzene rings is 2. The fourth-order valence-corrected chi connectivity index (χ4v) is 5.18. The molecule has 1 unspecified atom stereocenters. The summed E-state index contributed by atoms with van der Waals surface area (Å²) in [7, 11) is 1.57. The first-order chi connectivity index (χ1) is 16.6. The molecule has 1 aliphatic heterocycles. The van der Waals surface area contributed by atoms with E-state index in [0.29, 0.717) is 17.0 Å². The summed E-state index contributed by atoms with van der Waals surface area (Å²) in [6, 6.07) is 15.7. The topological polar surface area (TPSA) is 80.0 Å². The van der Waals surface area contributed by atoms with Crippen molar-refractivity contribution in [3.05, 3.63) is 84.0 Å². The van der Waals surface area contributed by atoms with Crippen LogP contribution < -0.4 is 9.64 Å². The summed E-state index contributed by atoms with van der Waals surface area (Å²) >= 11 is 0. The fourth-order valence-electron chi connectivity index (χ4n) is 5.18. The average Bonchev–Trinajstić information content (AvgIpc) is 3.52.